The molecular weight excluding hydrogens is 254 g/mol. The smallest absolute Gasteiger partial charge is 0.227 e. The number of oxazole rings is 1. The molecule has 0 aliphatic heterocycles. The fraction of sp³-hybridized carbons (Fsp3) is 0.467. The second-order valence-corrected chi connectivity index (χ2v) is 5.44. The number of aryl methyl sites for hydroxylation is 1. The number of aromatic nitrogens is 1. The van der Waals surface area contributed by atoms with Crippen molar-refractivity contribution < 1.29 is 9.21 Å². The van der Waals surface area contributed by atoms with E-state index < -0.39 is 0 Å². The van der Waals surface area contributed by atoms with Gasteiger partial charge in [0.1, 0.15) is 5.52 Å². The van der Waals surface area contributed by atoms with Crippen LogP contribution in [0.25, 0.3) is 11.1 Å². The van der Waals surface area contributed by atoms with Crippen molar-refractivity contribution in [2.24, 2.45) is 17.6 Å². The van der Waals surface area contributed by atoms with Crippen LogP contribution in [0, 0.1) is 18.8 Å². The van der Waals surface area contributed by atoms with Crippen LogP contribution in [0.15, 0.2) is 22.6 Å². The summed E-state index contributed by atoms with van der Waals surface area (Å²) in [5, 5.41) is 2.97. The van der Waals surface area contributed by atoms with E-state index in [0.717, 1.165) is 30.5 Å². The van der Waals surface area contributed by atoms with E-state index >= 15 is 0 Å². The molecular formula is C15H19N3O2. The van der Waals surface area contributed by atoms with Crippen molar-refractivity contribution in [1.82, 2.24) is 4.98 Å². The Kier molecular flexibility index (Phi) is 3.44. The summed E-state index contributed by atoms with van der Waals surface area (Å²) in [5.41, 5.74) is 7.98. The SMILES string of the molecule is Cc1nc2ccc(NC(=O)[C@@H]3CCC[C@@H]3CN)cc2o1. The average molecular weight is 273 g/mol. The second kappa shape index (κ2) is 5.25. The quantitative estimate of drug-likeness (QED) is 0.900. The maximum Gasteiger partial charge on any atom is 0.227 e. The highest BCUT2D eigenvalue weighted by Crippen LogP contribution is 2.32. The van der Waals surface area contributed by atoms with Gasteiger partial charge in [-0.05, 0) is 37.4 Å². The monoisotopic (exact) mass is 273 g/mol. The first-order valence-corrected chi connectivity index (χ1v) is 7.05. The van der Waals surface area contributed by atoms with Crippen LogP contribution in [-0.4, -0.2) is 17.4 Å². The zero-order valence-electron chi connectivity index (χ0n) is 11.6. The van der Waals surface area contributed by atoms with Gasteiger partial charge >= 0.3 is 0 Å². The van der Waals surface area contributed by atoms with Gasteiger partial charge in [0.25, 0.3) is 0 Å². The highest BCUT2D eigenvalue weighted by molar-refractivity contribution is 5.94. The molecule has 1 saturated carbocycles. The van der Waals surface area contributed by atoms with E-state index in [-0.39, 0.29) is 11.8 Å². The summed E-state index contributed by atoms with van der Waals surface area (Å²) in [6.07, 6.45) is 3.06. The van der Waals surface area contributed by atoms with Crippen LogP contribution >= 0.6 is 0 Å². The van der Waals surface area contributed by atoms with Crippen molar-refractivity contribution in [1.29, 1.82) is 0 Å². The first-order valence-electron chi connectivity index (χ1n) is 7.05. The van der Waals surface area contributed by atoms with Gasteiger partial charge in [0, 0.05) is 24.6 Å². The van der Waals surface area contributed by atoms with Crippen LogP contribution in [0.4, 0.5) is 5.69 Å². The Labute approximate surface area is 117 Å². The van der Waals surface area contributed by atoms with Gasteiger partial charge in [0.2, 0.25) is 5.91 Å². The Morgan fingerprint density at radius 2 is 2.35 bits per heavy atom. The molecule has 3 rings (SSSR count). The molecule has 1 amide bonds. The summed E-state index contributed by atoms with van der Waals surface area (Å²) in [5.74, 6) is 1.04. The average Bonchev–Trinajstić information content (AvgIpc) is 3.02. The molecule has 0 unspecified atom stereocenters. The third-order valence-electron chi connectivity index (χ3n) is 4.06. The van der Waals surface area contributed by atoms with E-state index in [4.69, 9.17) is 10.2 Å². The molecule has 3 N–H and O–H groups in total. The number of rotatable bonds is 3. The van der Waals surface area contributed by atoms with E-state index in [2.05, 4.69) is 10.3 Å². The van der Waals surface area contributed by atoms with Crippen LogP contribution in [0.5, 0.6) is 0 Å². The van der Waals surface area contributed by atoms with Gasteiger partial charge in [0.05, 0.1) is 0 Å². The number of amides is 1. The zero-order chi connectivity index (χ0) is 14.1. The Bertz CT molecular complexity index is 635. The molecule has 1 fully saturated rings. The number of benzene rings is 1. The molecule has 1 heterocycles. The molecule has 1 aliphatic rings. The van der Waals surface area contributed by atoms with E-state index in [9.17, 15) is 4.79 Å². The van der Waals surface area contributed by atoms with Crippen molar-refractivity contribution in [3.63, 3.8) is 0 Å². The van der Waals surface area contributed by atoms with E-state index in [0.29, 0.717) is 23.9 Å². The summed E-state index contributed by atoms with van der Waals surface area (Å²) in [4.78, 5) is 16.6. The maximum absolute atomic E-state index is 12.3. The molecule has 106 valence electrons. The van der Waals surface area contributed by atoms with Gasteiger partial charge in [-0.1, -0.05) is 6.42 Å². The molecule has 1 aromatic carbocycles. The van der Waals surface area contributed by atoms with E-state index in [1.807, 2.05) is 25.1 Å². The van der Waals surface area contributed by atoms with Gasteiger partial charge in [-0.15, -0.1) is 0 Å². The third-order valence-corrected chi connectivity index (χ3v) is 4.06. The minimum absolute atomic E-state index is 0.0344. The normalized spacial score (nSPS) is 22.3. The number of hydrogen-bond donors (Lipinski definition) is 2. The molecule has 20 heavy (non-hydrogen) atoms. The highest BCUT2D eigenvalue weighted by atomic mass is 16.3. The lowest BCUT2D eigenvalue weighted by Gasteiger charge is -2.17. The molecule has 0 spiro atoms. The van der Waals surface area contributed by atoms with Crippen molar-refractivity contribution in [3.8, 4) is 0 Å². The Balaban J connectivity index is 1.76. The number of carbonyl (C=O) groups excluding carboxylic acids is 1. The Hall–Kier alpha value is -1.88. The van der Waals surface area contributed by atoms with E-state index in [1.165, 1.54) is 0 Å². The minimum atomic E-state index is 0.0344. The van der Waals surface area contributed by atoms with Crippen LogP contribution in [-0.2, 0) is 4.79 Å². The number of carbonyl (C=O) groups is 1. The summed E-state index contributed by atoms with van der Waals surface area (Å²) in [6.45, 7) is 2.39. The van der Waals surface area contributed by atoms with E-state index in [1.54, 1.807) is 0 Å². The summed E-state index contributed by atoms with van der Waals surface area (Å²) < 4.78 is 5.48. The molecule has 0 radical (unpaired) electrons. The predicted molar refractivity (Wildman–Crippen MR) is 77.3 cm³/mol. The molecule has 0 bridgehead atoms. The van der Waals surface area contributed by atoms with Gasteiger partial charge in [-0.25, -0.2) is 4.98 Å². The van der Waals surface area contributed by atoms with Crippen molar-refractivity contribution in [2.75, 3.05) is 11.9 Å². The fourth-order valence-corrected chi connectivity index (χ4v) is 3.02. The van der Waals surface area contributed by atoms with Gasteiger partial charge in [-0.2, -0.15) is 0 Å². The predicted octanol–water partition coefficient (Wildman–Crippen LogP) is 2.45. The number of nitrogens with two attached hydrogens (primary N) is 1. The molecule has 0 saturated heterocycles. The number of anilines is 1. The lowest BCUT2D eigenvalue weighted by atomic mass is 9.95. The van der Waals surface area contributed by atoms with Gasteiger partial charge in [0.15, 0.2) is 11.5 Å². The second-order valence-electron chi connectivity index (χ2n) is 5.44. The van der Waals surface area contributed by atoms with Crippen LogP contribution in [0.3, 0.4) is 0 Å². The number of fused-ring (bicyclic) bond motifs is 1. The molecule has 1 aromatic heterocycles. The third kappa shape index (κ3) is 2.41. The molecule has 5 nitrogen and oxygen atoms in total. The fourth-order valence-electron chi connectivity index (χ4n) is 3.02. The van der Waals surface area contributed by atoms with Crippen molar-refractivity contribution in [2.45, 2.75) is 26.2 Å². The van der Waals surface area contributed by atoms with Crippen molar-refractivity contribution >= 4 is 22.7 Å². The number of nitrogens with zero attached hydrogens (tertiary/aromatic N) is 1. The van der Waals surface area contributed by atoms with Crippen LogP contribution in [0.2, 0.25) is 0 Å². The largest absolute Gasteiger partial charge is 0.441 e. The van der Waals surface area contributed by atoms with Crippen LogP contribution in [0.1, 0.15) is 25.2 Å². The van der Waals surface area contributed by atoms with Crippen molar-refractivity contribution in [3.05, 3.63) is 24.1 Å². The zero-order valence-corrected chi connectivity index (χ0v) is 11.6. The molecule has 5 heteroatoms. The summed E-state index contributed by atoms with van der Waals surface area (Å²) in [7, 11) is 0. The minimum Gasteiger partial charge on any atom is -0.441 e. The Morgan fingerprint density at radius 1 is 1.50 bits per heavy atom. The molecule has 2 aromatic rings. The lowest BCUT2D eigenvalue weighted by Crippen LogP contribution is -2.29. The van der Waals surface area contributed by atoms with Gasteiger partial charge < -0.3 is 15.5 Å². The highest BCUT2D eigenvalue weighted by Gasteiger charge is 2.31. The van der Waals surface area contributed by atoms with Gasteiger partial charge in [-0.3, -0.25) is 4.79 Å². The number of nitrogens with one attached hydrogen (secondary N) is 1. The summed E-state index contributed by atoms with van der Waals surface area (Å²) >= 11 is 0. The lowest BCUT2D eigenvalue weighted by molar-refractivity contribution is -0.120. The summed E-state index contributed by atoms with van der Waals surface area (Å²) in [6, 6.07) is 5.53. The molecule has 2 atom stereocenters. The standard InChI is InChI=1S/C15H19N3O2/c1-9-17-13-6-5-11(7-14(13)20-9)18-15(19)12-4-2-3-10(12)8-16/h5-7,10,12H,2-4,8,16H2,1H3,(H,18,19)/t10-,12-/m1/s1. The first-order chi connectivity index (χ1) is 9.67. The number of hydrogen-bond acceptors (Lipinski definition) is 4. The topological polar surface area (TPSA) is 81.2 Å². The maximum atomic E-state index is 12.3. The Morgan fingerprint density at radius 3 is 3.15 bits per heavy atom. The first kappa shape index (κ1) is 13.1. The van der Waals surface area contributed by atoms with Crippen LogP contribution < -0.4 is 11.1 Å². The molecule has 1 aliphatic carbocycles.